The van der Waals surface area contributed by atoms with E-state index in [9.17, 15) is 4.39 Å². The molecule has 1 aromatic carbocycles. The Bertz CT molecular complexity index is 594. The first kappa shape index (κ1) is 15.0. The molecule has 0 fully saturated rings. The highest BCUT2D eigenvalue weighted by Crippen LogP contribution is 2.27. The Balaban J connectivity index is 2.07. The van der Waals surface area contributed by atoms with Crippen LogP contribution in [0, 0.1) is 19.7 Å². The molecule has 20 heavy (non-hydrogen) atoms. The van der Waals surface area contributed by atoms with E-state index >= 15 is 0 Å². The Morgan fingerprint density at radius 1 is 1.35 bits per heavy atom. The van der Waals surface area contributed by atoms with Gasteiger partial charge in [-0.1, -0.05) is 12.1 Å². The minimum absolute atomic E-state index is 0.200. The van der Waals surface area contributed by atoms with Crippen LogP contribution in [-0.4, -0.2) is 7.11 Å². The van der Waals surface area contributed by atoms with Crippen molar-refractivity contribution in [2.45, 2.75) is 33.4 Å². The first-order valence-electron chi connectivity index (χ1n) is 6.64. The van der Waals surface area contributed by atoms with Gasteiger partial charge in [-0.15, -0.1) is 11.3 Å². The van der Waals surface area contributed by atoms with Gasteiger partial charge < -0.3 is 10.1 Å². The zero-order chi connectivity index (χ0) is 14.7. The lowest BCUT2D eigenvalue weighted by Gasteiger charge is -2.15. The number of hydrogen-bond acceptors (Lipinski definition) is 3. The standard InChI is InChI=1S/C16H20FNOS/c1-10-8-14(12(3)20-10)11(2)18-9-13-6-5-7-15(19-4)16(13)17/h5-8,11,18H,9H2,1-4H3. The van der Waals surface area contributed by atoms with Crippen molar-refractivity contribution in [1.29, 1.82) is 0 Å². The van der Waals surface area contributed by atoms with E-state index in [1.165, 1.54) is 22.4 Å². The molecule has 0 saturated carbocycles. The van der Waals surface area contributed by atoms with Gasteiger partial charge in [0, 0.05) is 27.9 Å². The molecule has 108 valence electrons. The molecular weight excluding hydrogens is 273 g/mol. The quantitative estimate of drug-likeness (QED) is 0.884. The zero-order valence-corrected chi connectivity index (χ0v) is 13.1. The van der Waals surface area contributed by atoms with E-state index in [0.717, 1.165) is 0 Å². The fourth-order valence-corrected chi connectivity index (χ4v) is 3.33. The topological polar surface area (TPSA) is 21.3 Å². The molecule has 0 bridgehead atoms. The molecule has 0 radical (unpaired) electrons. The summed E-state index contributed by atoms with van der Waals surface area (Å²) in [7, 11) is 1.48. The van der Waals surface area contributed by atoms with Crippen LogP contribution in [0.15, 0.2) is 24.3 Å². The van der Waals surface area contributed by atoms with Crippen LogP contribution in [0.25, 0.3) is 0 Å². The van der Waals surface area contributed by atoms with E-state index in [0.29, 0.717) is 17.9 Å². The second kappa shape index (κ2) is 6.37. The Morgan fingerprint density at radius 2 is 2.10 bits per heavy atom. The third kappa shape index (κ3) is 3.19. The average Bonchev–Trinajstić information content (AvgIpc) is 2.76. The maximum absolute atomic E-state index is 14.0. The molecular formula is C16H20FNOS. The molecule has 2 aromatic rings. The number of benzene rings is 1. The smallest absolute Gasteiger partial charge is 0.169 e. The van der Waals surface area contributed by atoms with E-state index in [4.69, 9.17) is 4.74 Å². The fourth-order valence-electron chi connectivity index (χ4n) is 2.30. The maximum atomic E-state index is 14.0. The number of aryl methyl sites for hydroxylation is 2. The van der Waals surface area contributed by atoms with E-state index in [2.05, 4.69) is 32.2 Å². The summed E-state index contributed by atoms with van der Waals surface area (Å²) in [5.74, 6) is 0.00688. The number of ether oxygens (including phenoxy) is 1. The van der Waals surface area contributed by atoms with Crippen LogP contribution >= 0.6 is 11.3 Å². The second-order valence-corrected chi connectivity index (χ2v) is 6.36. The molecule has 1 unspecified atom stereocenters. The van der Waals surface area contributed by atoms with E-state index in [1.54, 1.807) is 23.5 Å². The predicted octanol–water partition coefficient (Wildman–Crippen LogP) is 4.36. The van der Waals surface area contributed by atoms with Crippen molar-refractivity contribution in [3.05, 3.63) is 51.0 Å². The minimum atomic E-state index is -0.284. The summed E-state index contributed by atoms with van der Waals surface area (Å²) in [6.45, 7) is 6.82. The lowest BCUT2D eigenvalue weighted by Crippen LogP contribution is -2.19. The second-order valence-electron chi connectivity index (χ2n) is 4.90. The number of halogens is 1. The van der Waals surface area contributed by atoms with Gasteiger partial charge in [0.1, 0.15) is 0 Å². The summed E-state index contributed by atoms with van der Waals surface area (Å²) in [6, 6.07) is 7.62. The van der Waals surface area contributed by atoms with Crippen LogP contribution in [0.3, 0.4) is 0 Å². The van der Waals surface area contributed by atoms with Gasteiger partial charge in [0.05, 0.1) is 7.11 Å². The fraction of sp³-hybridized carbons (Fsp3) is 0.375. The van der Waals surface area contributed by atoms with Crippen molar-refractivity contribution in [2.24, 2.45) is 0 Å². The SMILES string of the molecule is COc1cccc(CNC(C)c2cc(C)sc2C)c1F. The van der Waals surface area contributed by atoms with Crippen molar-refractivity contribution < 1.29 is 9.13 Å². The Hall–Kier alpha value is -1.39. The first-order chi connectivity index (χ1) is 9.52. The third-order valence-corrected chi connectivity index (χ3v) is 4.39. The summed E-state index contributed by atoms with van der Waals surface area (Å²) >= 11 is 1.79. The molecule has 2 nitrogen and oxygen atoms in total. The Kier molecular flexibility index (Phi) is 4.78. The lowest BCUT2D eigenvalue weighted by molar-refractivity contribution is 0.382. The third-order valence-electron chi connectivity index (χ3n) is 3.41. The molecule has 0 amide bonds. The molecule has 1 atom stereocenters. The number of methoxy groups -OCH3 is 1. The number of hydrogen-bond donors (Lipinski definition) is 1. The van der Waals surface area contributed by atoms with Crippen LogP contribution in [0.1, 0.15) is 33.8 Å². The number of rotatable bonds is 5. The summed E-state index contributed by atoms with van der Waals surface area (Å²) in [6.07, 6.45) is 0. The predicted molar refractivity (Wildman–Crippen MR) is 82.0 cm³/mol. The summed E-state index contributed by atoms with van der Waals surface area (Å²) < 4.78 is 19.0. The summed E-state index contributed by atoms with van der Waals surface area (Å²) in [5, 5.41) is 3.37. The van der Waals surface area contributed by atoms with Crippen molar-refractivity contribution in [3.8, 4) is 5.75 Å². The molecule has 1 N–H and O–H groups in total. The first-order valence-corrected chi connectivity index (χ1v) is 7.46. The molecule has 0 saturated heterocycles. The van der Waals surface area contributed by atoms with Crippen molar-refractivity contribution >= 4 is 11.3 Å². The van der Waals surface area contributed by atoms with Gasteiger partial charge in [0.15, 0.2) is 11.6 Å². The van der Waals surface area contributed by atoms with Gasteiger partial charge in [-0.2, -0.15) is 0 Å². The Labute approximate surface area is 123 Å². The van der Waals surface area contributed by atoms with Crippen molar-refractivity contribution in [1.82, 2.24) is 5.32 Å². The summed E-state index contributed by atoms with van der Waals surface area (Å²) in [5.41, 5.74) is 1.91. The van der Waals surface area contributed by atoms with Crippen LogP contribution in [0.4, 0.5) is 4.39 Å². The molecule has 0 aliphatic rings. The average molecular weight is 293 g/mol. The maximum Gasteiger partial charge on any atom is 0.169 e. The van der Waals surface area contributed by atoms with Crippen molar-refractivity contribution in [2.75, 3.05) is 7.11 Å². The summed E-state index contributed by atoms with van der Waals surface area (Å²) in [4.78, 5) is 2.62. The van der Waals surface area contributed by atoms with E-state index < -0.39 is 0 Å². The highest BCUT2D eigenvalue weighted by molar-refractivity contribution is 7.12. The lowest BCUT2D eigenvalue weighted by atomic mass is 10.1. The van der Waals surface area contributed by atoms with Gasteiger partial charge in [0.25, 0.3) is 0 Å². The van der Waals surface area contributed by atoms with E-state index in [-0.39, 0.29) is 11.9 Å². The minimum Gasteiger partial charge on any atom is -0.494 e. The molecule has 2 rings (SSSR count). The van der Waals surface area contributed by atoms with Crippen LogP contribution in [0.2, 0.25) is 0 Å². The van der Waals surface area contributed by atoms with E-state index in [1.807, 2.05) is 6.07 Å². The normalized spacial score (nSPS) is 12.4. The van der Waals surface area contributed by atoms with Crippen LogP contribution in [-0.2, 0) is 6.54 Å². The molecule has 1 aromatic heterocycles. The van der Waals surface area contributed by atoms with Crippen LogP contribution < -0.4 is 10.1 Å². The van der Waals surface area contributed by atoms with Gasteiger partial charge in [-0.25, -0.2) is 4.39 Å². The Morgan fingerprint density at radius 3 is 2.70 bits per heavy atom. The molecule has 4 heteroatoms. The number of thiophene rings is 1. The highest BCUT2D eigenvalue weighted by atomic mass is 32.1. The number of nitrogens with one attached hydrogen (secondary N) is 1. The molecule has 0 aliphatic carbocycles. The molecule has 0 spiro atoms. The van der Waals surface area contributed by atoms with Gasteiger partial charge in [0.2, 0.25) is 0 Å². The van der Waals surface area contributed by atoms with Crippen LogP contribution in [0.5, 0.6) is 5.75 Å². The van der Waals surface area contributed by atoms with Crippen molar-refractivity contribution in [3.63, 3.8) is 0 Å². The monoisotopic (exact) mass is 293 g/mol. The van der Waals surface area contributed by atoms with Gasteiger partial charge >= 0.3 is 0 Å². The molecule has 0 aliphatic heterocycles. The molecule has 1 heterocycles. The van der Waals surface area contributed by atoms with Gasteiger partial charge in [-0.05, 0) is 38.5 Å². The van der Waals surface area contributed by atoms with Gasteiger partial charge in [-0.3, -0.25) is 0 Å². The highest BCUT2D eigenvalue weighted by Gasteiger charge is 2.13. The largest absolute Gasteiger partial charge is 0.494 e. The zero-order valence-electron chi connectivity index (χ0n) is 12.3.